The maximum absolute atomic E-state index is 5.71. The predicted octanol–water partition coefficient (Wildman–Crippen LogP) is 2.58. The summed E-state index contributed by atoms with van der Waals surface area (Å²) in [6.07, 6.45) is 1.12. The average Bonchev–Trinajstić information content (AvgIpc) is 2.35. The van der Waals surface area contributed by atoms with E-state index in [1.807, 2.05) is 18.2 Å². The highest BCUT2D eigenvalue weighted by Crippen LogP contribution is 2.23. The van der Waals surface area contributed by atoms with E-state index < -0.39 is 0 Å². The maximum Gasteiger partial charge on any atom is 0.123 e. The zero-order valence-corrected chi connectivity index (χ0v) is 10.3. The Morgan fingerprint density at radius 3 is 2.50 bits per heavy atom. The quantitative estimate of drug-likeness (QED) is 0.806. The summed E-state index contributed by atoms with van der Waals surface area (Å²) >= 11 is 0. The molecule has 2 N–H and O–H groups in total. The van der Waals surface area contributed by atoms with Crippen LogP contribution < -0.4 is 15.2 Å². The van der Waals surface area contributed by atoms with Crippen molar-refractivity contribution in [1.29, 1.82) is 0 Å². The molecule has 0 amide bonds. The third kappa shape index (κ3) is 3.74. The highest BCUT2D eigenvalue weighted by molar-refractivity contribution is 5.38. The smallest absolute Gasteiger partial charge is 0.123 e. The van der Waals surface area contributed by atoms with Crippen molar-refractivity contribution in [3.05, 3.63) is 23.8 Å². The van der Waals surface area contributed by atoms with Gasteiger partial charge in [-0.3, -0.25) is 0 Å². The van der Waals surface area contributed by atoms with E-state index >= 15 is 0 Å². The summed E-state index contributed by atoms with van der Waals surface area (Å²) in [5.41, 5.74) is 6.64. The molecule has 0 aliphatic heterocycles. The van der Waals surface area contributed by atoms with Gasteiger partial charge in [0.1, 0.15) is 11.5 Å². The average molecular weight is 223 g/mol. The Labute approximate surface area is 97.6 Å². The lowest BCUT2D eigenvalue weighted by molar-refractivity contribution is 0.255. The molecule has 0 spiro atoms. The van der Waals surface area contributed by atoms with Crippen LogP contribution in [0.2, 0.25) is 0 Å². The standard InChI is InChI=1S/C13H21NO2/c1-4-10(2)9-16-13-6-11(8-14)5-12(7-13)15-3/h5-7,10H,4,8-9,14H2,1-3H3. The highest BCUT2D eigenvalue weighted by atomic mass is 16.5. The SMILES string of the molecule is CCC(C)COc1cc(CN)cc(OC)c1. The Balaban J connectivity index is 2.71. The molecule has 0 fully saturated rings. The molecule has 1 atom stereocenters. The number of hydrogen-bond donors (Lipinski definition) is 1. The largest absolute Gasteiger partial charge is 0.497 e. The lowest BCUT2D eigenvalue weighted by Crippen LogP contribution is -2.08. The van der Waals surface area contributed by atoms with Crippen LogP contribution in [-0.4, -0.2) is 13.7 Å². The molecular formula is C13H21NO2. The molecular weight excluding hydrogens is 202 g/mol. The third-order valence-electron chi connectivity index (χ3n) is 2.64. The second kappa shape index (κ2) is 6.38. The van der Waals surface area contributed by atoms with Crippen molar-refractivity contribution >= 4 is 0 Å². The van der Waals surface area contributed by atoms with E-state index in [1.54, 1.807) is 7.11 Å². The van der Waals surface area contributed by atoms with Crippen LogP contribution >= 0.6 is 0 Å². The number of benzene rings is 1. The minimum Gasteiger partial charge on any atom is -0.497 e. The summed E-state index contributed by atoms with van der Waals surface area (Å²) in [5.74, 6) is 2.19. The summed E-state index contributed by atoms with van der Waals surface area (Å²) in [7, 11) is 1.65. The van der Waals surface area contributed by atoms with Gasteiger partial charge in [-0.2, -0.15) is 0 Å². The fraction of sp³-hybridized carbons (Fsp3) is 0.538. The predicted molar refractivity (Wildman–Crippen MR) is 65.8 cm³/mol. The topological polar surface area (TPSA) is 44.5 Å². The van der Waals surface area contributed by atoms with Gasteiger partial charge in [0.25, 0.3) is 0 Å². The first-order chi connectivity index (χ1) is 7.69. The fourth-order valence-electron chi connectivity index (χ4n) is 1.31. The van der Waals surface area contributed by atoms with Crippen molar-refractivity contribution in [2.75, 3.05) is 13.7 Å². The summed E-state index contributed by atoms with van der Waals surface area (Å²) in [4.78, 5) is 0. The number of nitrogens with two attached hydrogens (primary N) is 1. The molecule has 1 rings (SSSR count). The number of methoxy groups -OCH3 is 1. The molecule has 90 valence electrons. The number of rotatable bonds is 6. The van der Waals surface area contributed by atoms with Crippen LogP contribution in [0, 0.1) is 5.92 Å². The van der Waals surface area contributed by atoms with E-state index in [9.17, 15) is 0 Å². The van der Waals surface area contributed by atoms with Crippen molar-refractivity contribution in [2.24, 2.45) is 11.7 Å². The van der Waals surface area contributed by atoms with Gasteiger partial charge in [-0.25, -0.2) is 0 Å². The zero-order valence-electron chi connectivity index (χ0n) is 10.3. The van der Waals surface area contributed by atoms with Gasteiger partial charge in [0.2, 0.25) is 0 Å². The summed E-state index contributed by atoms with van der Waals surface area (Å²) in [6, 6.07) is 5.78. The van der Waals surface area contributed by atoms with Crippen molar-refractivity contribution in [1.82, 2.24) is 0 Å². The van der Waals surface area contributed by atoms with Gasteiger partial charge >= 0.3 is 0 Å². The van der Waals surface area contributed by atoms with Gasteiger partial charge in [-0.1, -0.05) is 20.3 Å². The van der Waals surface area contributed by atoms with E-state index in [1.165, 1.54) is 0 Å². The van der Waals surface area contributed by atoms with Gasteiger partial charge in [0, 0.05) is 12.6 Å². The van der Waals surface area contributed by atoms with Gasteiger partial charge in [0.05, 0.1) is 13.7 Å². The second-order valence-electron chi connectivity index (χ2n) is 4.05. The van der Waals surface area contributed by atoms with Gasteiger partial charge in [-0.05, 0) is 23.6 Å². The van der Waals surface area contributed by atoms with E-state index in [2.05, 4.69) is 13.8 Å². The van der Waals surface area contributed by atoms with Gasteiger partial charge in [-0.15, -0.1) is 0 Å². The molecule has 0 radical (unpaired) electrons. The maximum atomic E-state index is 5.71. The van der Waals surface area contributed by atoms with Crippen molar-refractivity contribution < 1.29 is 9.47 Å². The molecule has 1 unspecified atom stereocenters. The van der Waals surface area contributed by atoms with Gasteiger partial charge in [0.15, 0.2) is 0 Å². The minimum atomic E-state index is 0.497. The lowest BCUT2D eigenvalue weighted by Gasteiger charge is -2.13. The molecule has 0 aliphatic carbocycles. The number of hydrogen-bond acceptors (Lipinski definition) is 3. The molecule has 0 heterocycles. The van der Waals surface area contributed by atoms with E-state index in [4.69, 9.17) is 15.2 Å². The summed E-state index contributed by atoms with van der Waals surface area (Å²) in [6.45, 7) is 5.56. The minimum absolute atomic E-state index is 0.497. The van der Waals surface area contributed by atoms with Crippen molar-refractivity contribution in [3.8, 4) is 11.5 Å². The molecule has 3 nitrogen and oxygen atoms in total. The van der Waals surface area contributed by atoms with Crippen LogP contribution in [0.4, 0.5) is 0 Å². The highest BCUT2D eigenvalue weighted by Gasteiger charge is 2.04. The first-order valence-electron chi connectivity index (χ1n) is 5.70. The summed E-state index contributed by atoms with van der Waals surface area (Å²) in [5, 5.41) is 0. The molecule has 3 heteroatoms. The molecule has 0 saturated carbocycles. The van der Waals surface area contributed by atoms with Crippen molar-refractivity contribution in [3.63, 3.8) is 0 Å². The molecule has 1 aromatic rings. The normalized spacial score (nSPS) is 12.2. The van der Waals surface area contributed by atoms with E-state index in [0.29, 0.717) is 12.5 Å². The van der Waals surface area contributed by atoms with E-state index in [0.717, 1.165) is 30.1 Å². The van der Waals surface area contributed by atoms with Crippen LogP contribution in [0.3, 0.4) is 0 Å². The van der Waals surface area contributed by atoms with Crippen LogP contribution in [0.1, 0.15) is 25.8 Å². The van der Waals surface area contributed by atoms with Crippen LogP contribution in [0.15, 0.2) is 18.2 Å². The first-order valence-corrected chi connectivity index (χ1v) is 5.70. The van der Waals surface area contributed by atoms with E-state index in [-0.39, 0.29) is 0 Å². The van der Waals surface area contributed by atoms with Crippen LogP contribution in [0.5, 0.6) is 11.5 Å². The number of ether oxygens (including phenoxy) is 2. The fourth-order valence-corrected chi connectivity index (χ4v) is 1.31. The molecule has 1 aromatic carbocycles. The van der Waals surface area contributed by atoms with Crippen LogP contribution in [-0.2, 0) is 6.54 Å². The van der Waals surface area contributed by atoms with Gasteiger partial charge < -0.3 is 15.2 Å². The van der Waals surface area contributed by atoms with Crippen molar-refractivity contribution in [2.45, 2.75) is 26.8 Å². The Morgan fingerprint density at radius 2 is 1.94 bits per heavy atom. The summed E-state index contributed by atoms with van der Waals surface area (Å²) < 4.78 is 10.9. The Kier molecular flexibility index (Phi) is 5.12. The van der Waals surface area contributed by atoms with Crippen LogP contribution in [0.25, 0.3) is 0 Å². The Bertz CT molecular complexity index is 303. The Morgan fingerprint density at radius 1 is 1.25 bits per heavy atom. The second-order valence-corrected chi connectivity index (χ2v) is 4.05. The first kappa shape index (κ1) is 12.8. The molecule has 0 bridgehead atoms. The molecule has 0 aromatic heterocycles. The monoisotopic (exact) mass is 223 g/mol. The lowest BCUT2D eigenvalue weighted by atomic mass is 10.1. The molecule has 0 saturated heterocycles. The molecule has 16 heavy (non-hydrogen) atoms. The zero-order chi connectivity index (χ0) is 12.0. The Hall–Kier alpha value is -1.22. The molecule has 0 aliphatic rings. The third-order valence-corrected chi connectivity index (χ3v) is 2.64.